The zero-order valence-electron chi connectivity index (χ0n) is 20.0. The molecule has 6 N–H and O–H groups in total. The second-order valence-electron chi connectivity index (χ2n) is 8.17. The van der Waals surface area contributed by atoms with Crippen molar-refractivity contribution in [2.24, 2.45) is 0 Å². The monoisotopic (exact) mass is 510 g/mol. The molecule has 1 aliphatic rings. The highest BCUT2D eigenvalue weighted by Gasteiger charge is 2.31. The van der Waals surface area contributed by atoms with Gasteiger partial charge >= 0.3 is 18.0 Å². The number of ether oxygens (including phenoxy) is 1. The Labute approximate surface area is 211 Å². The summed E-state index contributed by atoms with van der Waals surface area (Å²) in [5.41, 5.74) is 1.81. The molecule has 0 aliphatic carbocycles. The molecule has 0 saturated heterocycles. The quantitative estimate of drug-likeness (QED) is 0.280. The van der Waals surface area contributed by atoms with Gasteiger partial charge in [-0.05, 0) is 55.3 Å². The van der Waals surface area contributed by atoms with Crippen molar-refractivity contribution in [3.63, 3.8) is 0 Å². The summed E-state index contributed by atoms with van der Waals surface area (Å²) < 4.78 is 5.16. The van der Waals surface area contributed by atoms with E-state index < -0.39 is 48.3 Å². The van der Waals surface area contributed by atoms with Gasteiger partial charge in [0.2, 0.25) is 0 Å². The average Bonchev–Trinajstić information content (AvgIpc) is 2.86. The minimum absolute atomic E-state index is 0.123. The van der Waals surface area contributed by atoms with Gasteiger partial charge in [0.25, 0.3) is 11.8 Å². The topological polar surface area (TPSA) is 183 Å². The molecule has 0 saturated carbocycles. The van der Waals surface area contributed by atoms with Crippen LogP contribution in [-0.2, 0) is 14.4 Å². The molecule has 0 aromatic heterocycles. The van der Waals surface area contributed by atoms with Gasteiger partial charge in [-0.15, -0.1) is 0 Å². The van der Waals surface area contributed by atoms with Crippen molar-refractivity contribution < 1.29 is 38.9 Å². The molecule has 4 amide bonds. The number of urea groups is 1. The lowest BCUT2D eigenvalue weighted by molar-refractivity contribution is -0.140. The summed E-state index contributed by atoms with van der Waals surface area (Å²) in [6.45, 7) is 1.61. The van der Waals surface area contributed by atoms with Crippen LogP contribution >= 0.6 is 0 Å². The summed E-state index contributed by atoms with van der Waals surface area (Å²) in [5, 5.41) is 28.3. The van der Waals surface area contributed by atoms with Crippen LogP contribution in [0.5, 0.6) is 5.75 Å². The lowest BCUT2D eigenvalue weighted by Crippen LogP contribution is -2.45. The van der Waals surface area contributed by atoms with Crippen LogP contribution in [0.2, 0.25) is 0 Å². The van der Waals surface area contributed by atoms with Crippen molar-refractivity contribution in [3.8, 4) is 5.75 Å². The number of carboxylic acid groups (broad SMARTS) is 2. The first-order valence-corrected chi connectivity index (χ1v) is 11.2. The molecule has 2 aromatic carbocycles. The molecule has 12 heteroatoms. The number of amides is 4. The van der Waals surface area contributed by atoms with Crippen LogP contribution in [0.4, 0.5) is 10.5 Å². The van der Waals surface area contributed by atoms with E-state index in [9.17, 15) is 29.1 Å². The molecule has 2 aromatic rings. The van der Waals surface area contributed by atoms with Gasteiger partial charge in [-0.1, -0.05) is 12.1 Å². The van der Waals surface area contributed by atoms with E-state index in [2.05, 4.69) is 21.3 Å². The van der Waals surface area contributed by atoms with E-state index in [1.165, 1.54) is 31.4 Å². The first-order valence-electron chi connectivity index (χ1n) is 11.2. The molecule has 12 nitrogen and oxygen atoms in total. The molecular weight excluding hydrogens is 484 g/mol. The van der Waals surface area contributed by atoms with Gasteiger partial charge in [-0.25, -0.2) is 9.59 Å². The smallest absolute Gasteiger partial charge is 0.326 e. The molecule has 1 aliphatic heterocycles. The third-order valence-electron chi connectivity index (χ3n) is 5.62. The number of rotatable bonds is 10. The summed E-state index contributed by atoms with van der Waals surface area (Å²) in [7, 11) is 1.53. The maximum atomic E-state index is 13.2. The normalized spacial score (nSPS) is 15.6. The number of nitrogens with one attached hydrogen (secondary N) is 4. The Morgan fingerprint density at radius 3 is 2.22 bits per heavy atom. The molecule has 194 valence electrons. The van der Waals surface area contributed by atoms with Crippen molar-refractivity contribution in [1.82, 2.24) is 16.0 Å². The van der Waals surface area contributed by atoms with Crippen molar-refractivity contribution >= 4 is 35.5 Å². The number of hydrogen-bond donors (Lipinski definition) is 6. The van der Waals surface area contributed by atoms with E-state index in [0.29, 0.717) is 22.7 Å². The number of methoxy groups -OCH3 is 1. The second-order valence-corrected chi connectivity index (χ2v) is 8.17. The minimum Gasteiger partial charge on any atom is -0.497 e. The van der Waals surface area contributed by atoms with Crippen LogP contribution in [0, 0.1) is 0 Å². The standard InChI is InChI=1S/C25H26N4O8/c1-13-20(21(29-25(36)26-13)14-5-9-17(37-2)10-6-14)23(33)27-16-7-3-15(4-8-16)22(32)28-18(24(34)35)11-12-19(30)31/h3-10,18,21H,11-12H2,1-2H3,(H,27,33)(H,28,32)(H,30,31)(H,34,35)(H2,26,29,36). The Kier molecular flexibility index (Phi) is 8.46. The largest absolute Gasteiger partial charge is 0.497 e. The summed E-state index contributed by atoms with van der Waals surface area (Å²) in [4.78, 5) is 59.7. The van der Waals surface area contributed by atoms with Gasteiger partial charge in [0.1, 0.15) is 11.8 Å². The highest BCUT2D eigenvalue weighted by molar-refractivity contribution is 6.07. The van der Waals surface area contributed by atoms with Crippen molar-refractivity contribution in [2.75, 3.05) is 12.4 Å². The number of carbonyl (C=O) groups is 5. The number of hydrogen-bond acceptors (Lipinski definition) is 6. The molecule has 2 unspecified atom stereocenters. The molecule has 37 heavy (non-hydrogen) atoms. The van der Waals surface area contributed by atoms with E-state index >= 15 is 0 Å². The fourth-order valence-corrected chi connectivity index (χ4v) is 3.71. The van der Waals surface area contributed by atoms with Gasteiger partial charge in [-0.3, -0.25) is 14.4 Å². The average molecular weight is 511 g/mol. The number of anilines is 1. The highest BCUT2D eigenvalue weighted by atomic mass is 16.5. The predicted molar refractivity (Wildman–Crippen MR) is 131 cm³/mol. The summed E-state index contributed by atoms with van der Waals surface area (Å²) >= 11 is 0. The third-order valence-corrected chi connectivity index (χ3v) is 5.62. The van der Waals surface area contributed by atoms with Crippen LogP contribution < -0.4 is 26.0 Å². The maximum Gasteiger partial charge on any atom is 0.326 e. The maximum absolute atomic E-state index is 13.2. The van der Waals surface area contributed by atoms with Gasteiger partial charge in [0.15, 0.2) is 0 Å². The van der Waals surface area contributed by atoms with Crippen LogP contribution in [0.15, 0.2) is 59.8 Å². The zero-order valence-corrected chi connectivity index (χ0v) is 20.0. The fourth-order valence-electron chi connectivity index (χ4n) is 3.71. The van der Waals surface area contributed by atoms with Crippen LogP contribution in [0.3, 0.4) is 0 Å². The van der Waals surface area contributed by atoms with E-state index in [1.54, 1.807) is 31.2 Å². The minimum atomic E-state index is -1.36. The van der Waals surface area contributed by atoms with Crippen molar-refractivity contribution in [3.05, 3.63) is 70.9 Å². The number of carboxylic acids is 2. The Morgan fingerprint density at radius 1 is 1.00 bits per heavy atom. The number of carbonyl (C=O) groups excluding carboxylic acids is 3. The molecular formula is C25H26N4O8. The Morgan fingerprint density at radius 2 is 1.65 bits per heavy atom. The Bertz CT molecular complexity index is 1240. The molecule has 0 fully saturated rings. The van der Waals surface area contributed by atoms with E-state index in [4.69, 9.17) is 9.84 Å². The van der Waals surface area contributed by atoms with Gasteiger partial charge < -0.3 is 36.2 Å². The van der Waals surface area contributed by atoms with Crippen LogP contribution in [0.25, 0.3) is 0 Å². The first-order chi connectivity index (χ1) is 17.6. The number of aliphatic carboxylic acids is 2. The first kappa shape index (κ1) is 26.7. The van der Waals surface area contributed by atoms with Crippen LogP contribution in [-0.4, -0.2) is 53.1 Å². The molecule has 0 spiro atoms. The number of allylic oxidation sites excluding steroid dienone is 1. The second kappa shape index (κ2) is 11.7. The lowest BCUT2D eigenvalue weighted by Gasteiger charge is -2.28. The Hall–Kier alpha value is -4.87. The van der Waals surface area contributed by atoms with E-state index in [-0.39, 0.29) is 17.6 Å². The molecule has 0 bridgehead atoms. The highest BCUT2D eigenvalue weighted by Crippen LogP contribution is 2.29. The molecule has 2 atom stereocenters. The third kappa shape index (κ3) is 6.84. The number of benzene rings is 2. The van der Waals surface area contributed by atoms with E-state index in [0.717, 1.165) is 0 Å². The predicted octanol–water partition coefficient (Wildman–Crippen LogP) is 2.01. The zero-order chi connectivity index (χ0) is 27.1. The summed E-state index contributed by atoms with van der Waals surface area (Å²) in [6, 6.07) is 10.1. The molecule has 1 heterocycles. The molecule has 3 rings (SSSR count). The SMILES string of the molecule is COc1ccc(C2NC(=O)NC(C)=C2C(=O)Nc2ccc(C(=O)NC(CCC(=O)O)C(=O)O)cc2)cc1. The molecule has 0 radical (unpaired) electrons. The van der Waals surface area contributed by atoms with E-state index in [1.807, 2.05) is 0 Å². The lowest BCUT2D eigenvalue weighted by atomic mass is 9.94. The fraction of sp³-hybridized carbons (Fsp3) is 0.240. The van der Waals surface area contributed by atoms with Gasteiger partial charge in [-0.2, -0.15) is 0 Å². The van der Waals surface area contributed by atoms with Crippen molar-refractivity contribution in [2.45, 2.75) is 31.8 Å². The van der Waals surface area contributed by atoms with Crippen LogP contribution in [0.1, 0.15) is 41.7 Å². The summed E-state index contributed by atoms with van der Waals surface area (Å²) in [5.74, 6) is -3.08. The Balaban J connectivity index is 1.73. The summed E-state index contributed by atoms with van der Waals surface area (Å²) in [6.07, 6.45) is -0.677. The van der Waals surface area contributed by atoms with Crippen molar-refractivity contribution in [1.29, 1.82) is 0 Å². The van der Waals surface area contributed by atoms with Gasteiger partial charge in [0.05, 0.1) is 18.7 Å². The van der Waals surface area contributed by atoms with Gasteiger partial charge in [0, 0.05) is 23.4 Å².